The van der Waals surface area contributed by atoms with Crippen LogP contribution in [0.15, 0.2) is 47.5 Å². The van der Waals surface area contributed by atoms with Crippen LogP contribution in [0.4, 0.5) is 10.2 Å². The zero-order valence-corrected chi connectivity index (χ0v) is 10.3. The number of rotatable bonds is 4. The Morgan fingerprint density at radius 3 is 2.53 bits per heavy atom. The van der Waals surface area contributed by atoms with Crippen molar-refractivity contribution in [1.82, 2.24) is 4.98 Å². The van der Waals surface area contributed by atoms with E-state index in [2.05, 4.69) is 10.3 Å². The van der Waals surface area contributed by atoms with Gasteiger partial charge >= 0.3 is 0 Å². The molecule has 0 unspecified atom stereocenters. The second kappa shape index (κ2) is 5.68. The molecule has 0 saturated heterocycles. The van der Waals surface area contributed by atoms with Gasteiger partial charge in [-0.25, -0.2) is 9.37 Å². The highest BCUT2D eigenvalue weighted by Gasteiger charge is 1.98. The first-order valence-corrected chi connectivity index (χ1v) is 6.27. The third-order valence-electron chi connectivity index (χ3n) is 2.30. The third kappa shape index (κ3) is 3.46. The summed E-state index contributed by atoms with van der Waals surface area (Å²) < 4.78 is 12.7. The Morgan fingerprint density at radius 1 is 1.18 bits per heavy atom. The second-order valence-corrected chi connectivity index (χ2v) is 4.59. The van der Waals surface area contributed by atoms with Crippen LogP contribution in [0.1, 0.15) is 5.56 Å². The SMILES string of the molecule is CNc1ccc(CSc2ccc(F)cc2)cn1. The molecular weight excluding hydrogens is 235 g/mol. The molecule has 0 bridgehead atoms. The minimum Gasteiger partial charge on any atom is -0.373 e. The first-order valence-electron chi connectivity index (χ1n) is 5.29. The van der Waals surface area contributed by atoms with Gasteiger partial charge in [0.1, 0.15) is 11.6 Å². The van der Waals surface area contributed by atoms with E-state index in [1.807, 2.05) is 25.4 Å². The van der Waals surface area contributed by atoms with Gasteiger partial charge in [-0.2, -0.15) is 0 Å². The van der Waals surface area contributed by atoms with Gasteiger partial charge in [0.05, 0.1) is 0 Å². The van der Waals surface area contributed by atoms with E-state index in [0.29, 0.717) is 0 Å². The fourth-order valence-corrected chi connectivity index (χ4v) is 2.19. The summed E-state index contributed by atoms with van der Waals surface area (Å²) >= 11 is 1.67. The molecule has 0 radical (unpaired) electrons. The number of anilines is 1. The standard InChI is InChI=1S/C13H13FN2S/c1-15-13-7-2-10(8-16-13)9-17-12-5-3-11(14)4-6-12/h2-8H,9H2,1H3,(H,15,16). The molecule has 1 aromatic carbocycles. The van der Waals surface area contributed by atoms with Crippen LogP contribution < -0.4 is 5.32 Å². The molecule has 88 valence electrons. The molecule has 17 heavy (non-hydrogen) atoms. The number of benzene rings is 1. The van der Waals surface area contributed by atoms with Crippen molar-refractivity contribution in [2.45, 2.75) is 10.6 Å². The lowest BCUT2D eigenvalue weighted by Crippen LogP contribution is -1.92. The van der Waals surface area contributed by atoms with Crippen molar-refractivity contribution in [3.05, 3.63) is 54.0 Å². The fraction of sp³-hybridized carbons (Fsp3) is 0.154. The van der Waals surface area contributed by atoms with Crippen molar-refractivity contribution >= 4 is 17.6 Å². The number of hydrogen-bond acceptors (Lipinski definition) is 3. The summed E-state index contributed by atoms with van der Waals surface area (Å²) in [6.45, 7) is 0. The highest BCUT2D eigenvalue weighted by molar-refractivity contribution is 7.98. The van der Waals surface area contributed by atoms with Crippen LogP contribution in [0.5, 0.6) is 0 Å². The van der Waals surface area contributed by atoms with Crippen LogP contribution in [0.25, 0.3) is 0 Å². The second-order valence-electron chi connectivity index (χ2n) is 3.54. The maximum absolute atomic E-state index is 12.7. The van der Waals surface area contributed by atoms with Crippen molar-refractivity contribution in [3.63, 3.8) is 0 Å². The van der Waals surface area contributed by atoms with Crippen molar-refractivity contribution < 1.29 is 4.39 Å². The largest absolute Gasteiger partial charge is 0.373 e. The first-order chi connectivity index (χ1) is 8.28. The number of halogens is 1. The summed E-state index contributed by atoms with van der Waals surface area (Å²) in [4.78, 5) is 5.30. The minimum atomic E-state index is -0.200. The van der Waals surface area contributed by atoms with Gasteiger partial charge in [0.25, 0.3) is 0 Å². The van der Waals surface area contributed by atoms with Gasteiger partial charge in [-0.15, -0.1) is 11.8 Å². The maximum atomic E-state index is 12.7. The molecule has 1 heterocycles. The Hall–Kier alpha value is -1.55. The molecule has 0 fully saturated rings. The van der Waals surface area contributed by atoms with Crippen molar-refractivity contribution in [3.8, 4) is 0 Å². The van der Waals surface area contributed by atoms with Crippen molar-refractivity contribution in [2.24, 2.45) is 0 Å². The molecule has 0 aliphatic heterocycles. The van der Waals surface area contributed by atoms with Crippen molar-refractivity contribution in [2.75, 3.05) is 12.4 Å². The molecule has 0 aliphatic carbocycles. The molecule has 0 aliphatic rings. The van der Waals surface area contributed by atoms with E-state index in [9.17, 15) is 4.39 Å². The van der Waals surface area contributed by atoms with E-state index < -0.39 is 0 Å². The molecule has 2 aromatic rings. The van der Waals surface area contributed by atoms with E-state index in [0.717, 1.165) is 22.0 Å². The number of hydrogen-bond donors (Lipinski definition) is 1. The fourth-order valence-electron chi connectivity index (χ4n) is 1.36. The highest BCUT2D eigenvalue weighted by Crippen LogP contribution is 2.22. The Labute approximate surface area is 104 Å². The maximum Gasteiger partial charge on any atom is 0.125 e. The monoisotopic (exact) mass is 248 g/mol. The van der Waals surface area contributed by atoms with Gasteiger partial charge in [-0.1, -0.05) is 6.07 Å². The Bertz CT molecular complexity index is 468. The summed E-state index contributed by atoms with van der Waals surface area (Å²) in [5, 5.41) is 2.97. The van der Waals surface area contributed by atoms with Gasteiger partial charge in [-0.05, 0) is 35.9 Å². The van der Waals surface area contributed by atoms with E-state index in [4.69, 9.17) is 0 Å². The van der Waals surface area contributed by atoms with E-state index >= 15 is 0 Å². The first kappa shape index (κ1) is 11.9. The predicted octanol–water partition coefficient (Wildman–Crippen LogP) is 3.55. The molecule has 4 heteroatoms. The number of nitrogens with one attached hydrogen (secondary N) is 1. The predicted molar refractivity (Wildman–Crippen MR) is 69.7 cm³/mol. The van der Waals surface area contributed by atoms with Crippen molar-refractivity contribution in [1.29, 1.82) is 0 Å². The number of pyridine rings is 1. The van der Waals surface area contributed by atoms with Gasteiger partial charge in [0.2, 0.25) is 0 Å². The van der Waals surface area contributed by atoms with E-state index in [1.54, 1.807) is 23.9 Å². The van der Waals surface area contributed by atoms with E-state index in [-0.39, 0.29) is 5.82 Å². The molecule has 1 N–H and O–H groups in total. The summed E-state index contributed by atoms with van der Waals surface area (Å²) in [6, 6.07) is 10.5. The zero-order chi connectivity index (χ0) is 12.1. The summed E-state index contributed by atoms with van der Waals surface area (Å²) in [6.07, 6.45) is 1.85. The lowest BCUT2D eigenvalue weighted by molar-refractivity contribution is 0.626. The van der Waals surface area contributed by atoms with Gasteiger partial charge < -0.3 is 5.32 Å². The molecule has 0 atom stereocenters. The number of aromatic nitrogens is 1. The van der Waals surface area contributed by atoms with E-state index in [1.165, 1.54) is 12.1 Å². The Balaban J connectivity index is 1.95. The normalized spacial score (nSPS) is 10.2. The number of nitrogens with zero attached hydrogens (tertiary/aromatic N) is 1. The quantitative estimate of drug-likeness (QED) is 0.837. The lowest BCUT2D eigenvalue weighted by atomic mass is 10.3. The van der Waals surface area contributed by atoms with Gasteiger partial charge in [-0.3, -0.25) is 0 Å². The summed E-state index contributed by atoms with van der Waals surface area (Å²) in [5.41, 5.74) is 1.15. The molecular formula is C13H13FN2S. The van der Waals surface area contributed by atoms with Gasteiger partial charge in [0.15, 0.2) is 0 Å². The number of thioether (sulfide) groups is 1. The van der Waals surface area contributed by atoms with Crippen LogP contribution >= 0.6 is 11.8 Å². The molecule has 1 aromatic heterocycles. The molecule has 2 rings (SSSR count). The van der Waals surface area contributed by atoms with Crippen LogP contribution in [0.2, 0.25) is 0 Å². The lowest BCUT2D eigenvalue weighted by Gasteiger charge is -2.03. The minimum absolute atomic E-state index is 0.200. The Morgan fingerprint density at radius 2 is 1.94 bits per heavy atom. The average molecular weight is 248 g/mol. The van der Waals surface area contributed by atoms with Crippen LogP contribution in [0.3, 0.4) is 0 Å². The zero-order valence-electron chi connectivity index (χ0n) is 9.48. The third-order valence-corrected chi connectivity index (χ3v) is 3.38. The molecule has 0 spiro atoms. The molecule has 0 amide bonds. The molecule has 0 saturated carbocycles. The summed E-state index contributed by atoms with van der Waals surface area (Å²) in [7, 11) is 1.84. The highest BCUT2D eigenvalue weighted by atomic mass is 32.2. The van der Waals surface area contributed by atoms with Gasteiger partial charge in [0, 0.05) is 23.9 Å². The van der Waals surface area contributed by atoms with Crippen LogP contribution in [-0.2, 0) is 5.75 Å². The summed E-state index contributed by atoms with van der Waals surface area (Å²) in [5.74, 6) is 1.50. The molecule has 2 nitrogen and oxygen atoms in total. The Kier molecular flexibility index (Phi) is 3.98. The average Bonchev–Trinajstić information content (AvgIpc) is 2.39. The van der Waals surface area contributed by atoms with Crippen LogP contribution in [-0.4, -0.2) is 12.0 Å². The van der Waals surface area contributed by atoms with Crippen LogP contribution in [0, 0.1) is 5.82 Å². The smallest absolute Gasteiger partial charge is 0.125 e. The topological polar surface area (TPSA) is 24.9 Å².